The van der Waals surface area contributed by atoms with Crippen LogP contribution in [0.25, 0.3) is 6.08 Å². The molecular formula is C20H27FN2O2. The van der Waals surface area contributed by atoms with Crippen LogP contribution in [0.15, 0.2) is 17.7 Å². The quantitative estimate of drug-likeness (QED) is 0.736. The van der Waals surface area contributed by atoms with Crippen molar-refractivity contribution in [3.63, 3.8) is 0 Å². The maximum Gasteiger partial charge on any atom is 0.163 e. The Hall–Kier alpha value is -1.75. The molecule has 0 N–H and O–H groups in total. The minimum atomic E-state index is -0.634. The molecule has 5 heteroatoms. The van der Waals surface area contributed by atoms with Crippen molar-refractivity contribution < 1.29 is 13.9 Å². The molecule has 1 aromatic carbocycles. The zero-order valence-corrected chi connectivity index (χ0v) is 15.1. The maximum absolute atomic E-state index is 12.8. The first kappa shape index (κ1) is 16.7. The number of halogens is 1. The number of nitrogens with zero attached hydrogens (tertiary/aromatic N) is 2. The monoisotopic (exact) mass is 346 g/mol. The number of likely N-dealkylation sites (N-methyl/N-ethyl adjacent to an activating group) is 1. The number of hydrogen-bond acceptors (Lipinski definition) is 4. The summed E-state index contributed by atoms with van der Waals surface area (Å²) in [5.41, 5.74) is 3.97. The highest BCUT2D eigenvalue weighted by Crippen LogP contribution is 2.43. The highest BCUT2D eigenvalue weighted by Gasteiger charge is 2.30. The maximum atomic E-state index is 12.8. The Morgan fingerprint density at radius 3 is 2.84 bits per heavy atom. The van der Waals surface area contributed by atoms with E-state index in [-0.39, 0.29) is 0 Å². The third-order valence-electron chi connectivity index (χ3n) is 5.66. The van der Waals surface area contributed by atoms with Crippen molar-refractivity contribution in [2.45, 2.75) is 37.9 Å². The van der Waals surface area contributed by atoms with Crippen molar-refractivity contribution >= 4 is 11.8 Å². The summed E-state index contributed by atoms with van der Waals surface area (Å²) in [5, 5.41) is 0. The van der Waals surface area contributed by atoms with Gasteiger partial charge in [0.05, 0.1) is 19.8 Å². The molecule has 0 amide bonds. The van der Waals surface area contributed by atoms with Crippen molar-refractivity contribution in [1.82, 2.24) is 4.90 Å². The topological polar surface area (TPSA) is 24.9 Å². The van der Waals surface area contributed by atoms with E-state index in [0.717, 1.165) is 24.5 Å². The minimum Gasteiger partial charge on any atom is -0.493 e. The molecular weight excluding hydrogens is 319 g/mol. The standard InChI is InChI=1S/C20H27FN2O2/c1-22-17-6-3-5-14(17)9-15-10-19(24-2)20(11-18(15)22)25-8-4-7-23-12-16(21)13-23/h9-11,16-17H,3-8,12-13H2,1-2H3. The van der Waals surface area contributed by atoms with E-state index in [0.29, 0.717) is 25.7 Å². The first-order valence-electron chi connectivity index (χ1n) is 9.30. The Labute approximate surface area is 149 Å². The van der Waals surface area contributed by atoms with Gasteiger partial charge >= 0.3 is 0 Å². The van der Waals surface area contributed by atoms with E-state index < -0.39 is 6.17 Å². The van der Waals surface area contributed by atoms with Crippen LogP contribution in [0.1, 0.15) is 31.2 Å². The number of anilines is 1. The first-order valence-corrected chi connectivity index (χ1v) is 9.30. The molecule has 0 bridgehead atoms. The van der Waals surface area contributed by atoms with Crippen molar-refractivity contribution in [2.24, 2.45) is 0 Å². The first-order chi connectivity index (χ1) is 12.2. The lowest BCUT2D eigenvalue weighted by atomic mass is 9.97. The molecule has 3 aliphatic rings. The fraction of sp³-hybridized carbons (Fsp3) is 0.600. The van der Waals surface area contributed by atoms with E-state index in [1.54, 1.807) is 7.11 Å². The number of ether oxygens (including phenoxy) is 2. The predicted molar refractivity (Wildman–Crippen MR) is 98.5 cm³/mol. The third kappa shape index (κ3) is 3.22. The Kier molecular flexibility index (Phi) is 4.59. The number of hydrogen-bond donors (Lipinski definition) is 0. The van der Waals surface area contributed by atoms with Gasteiger partial charge in [0, 0.05) is 44.0 Å². The molecule has 1 unspecified atom stereocenters. The molecule has 1 saturated carbocycles. The van der Waals surface area contributed by atoms with E-state index in [4.69, 9.17) is 9.47 Å². The molecule has 1 saturated heterocycles. The van der Waals surface area contributed by atoms with Crippen molar-refractivity contribution in [3.8, 4) is 11.5 Å². The number of benzene rings is 1. The van der Waals surface area contributed by atoms with Gasteiger partial charge in [-0.25, -0.2) is 4.39 Å². The van der Waals surface area contributed by atoms with E-state index in [1.165, 1.54) is 36.1 Å². The SMILES string of the molecule is COc1cc2c(cc1OCCCN1CC(F)C1)N(C)C1CCCC1=C2. The van der Waals surface area contributed by atoms with Crippen LogP contribution in [-0.4, -0.2) is 57.5 Å². The summed E-state index contributed by atoms with van der Waals surface area (Å²) in [4.78, 5) is 4.50. The Morgan fingerprint density at radius 1 is 1.24 bits per heavy atom. The number of methoxy groups -OCH3 is 1. The van der Waals surface area contributed by atoms with Gasteiger partial charge in [0.15, 0.2) is 11.5 Å². The van der Waals surface area contributed by atoms with Crippen LogP contribution in [0.4, 0.5) is 10.1 Å². The summed E-state index contributed by atoms with van der Waals surface area (Å²) >= 11 is 0. The zero-order valence-electron chi connectivity index (χ0n) is 15.1. The van der Waals surface area contributed by atoms with Crippen LogP contribution in [0.3, 0.4) is 0 Å². The van der Waals surface area contributed by atoms with Gasteiger partial charge in [0.2, 0.25) is 0 Å². The fourth-order valence-corrected chi connectivity index (χ4v) is 4.25. The molecule has 0 spiro atoms. The van der Waals surface area contributed by atoms with Crippen LogP contribution in [0.5, 0.6) is 11.5 Å². The molecule has 2 fully saturated rings. The largest absolute Gasteiger partial charge is 0.493 e. The molecule has 136 valence electrons. The van der Waals surface area contributed by atoms with Crippen LogP contribution in [0.2, 0.25) is 0 Å². The van der Waals surface area contributed by atoms with Gasteiger partial charge in [-0.3, -0.25) is 4.90 Å². The summed E-state index contributed by atoms with van der Waals surface area (Å²) in [6.07, 6.45) is 6.30. The van der Waals surface area contributed by atoms with Gasteiger partial charge in [-0.1, -0.05) is 6.08 Å². The van der Waals surface area contributed by atoms with Gasteiger partial charge in [0.25, 0.3) is 0 Å². The minimum absolute atomic E-state index is 0.536. The Balaban J connectivity index is 1.44. The molecule has 1 aromatic rings. The summed E-state index contributed by atoms with van der Waals surface area (Å²) in [7, 11) is 3.86. The second-order valence-electron chi connectivity index (χ2n) is 7.36. The van der Waals surface area contributed by atoms with E-state index >= 15 is 0 Å². The van der Waals surface area contributed by atoms with E-state index in [9.17, 15) is 4.39 Å². The predicted octanol–water partition coefficient (Wildman–Crippen LogP) is 3.50. The van der Waals surface area contributed by atoms with Gasteiger partial charge in [-0.2, -0.15) is 0 Å². The van der Waals surface area contributed by atoms with E-state index in [2.05, 4.69) is 35.1 Å². The van der Waals surface area contributed by atoms with Crippen LogP contribution in [-0.2, 0) is 0 Å². The second kappa shape index (κ2) is 6.87. The lowest BCUT2D eigenvalue weighted by molar-refractivity contribution is 0.0611. The van der Waals surface area contributed by atoms with Gasteiger partial charge in [-0.15, -0.1) is 0 Å². The molecule has 1 atom stereocenters. The number of likely N-dealkylation sites (tertiary alicyclic amines) is 1. The van der Waals surface area contributed by atoms with Gasteiger partial charge in [-0.05, 0) is 37.3 Å². The summed E-state index contributed by atoms with van der Waals surface area (Å²) in [5.74, 6) is 1.59. The van der Waals surface area contributed by atoms with Crippen LogP contribution in [0, 0.1) is 0 Å². The van der Waals surface area contributed by atoms with Gasteiger partial charge in [0.1, 0.15) is 6.17 Å². The van der Waals surface area contributed by atoms with E-state index in [1.807, 2.05) is 0 Å². The summed E-state index contributed by atoms with van der Waals surface area (Å²) in [6, 6.07) is 4.74. The molecule has 4 nitrogen and oxygen atoms in total. The normalized spacial score (nSPS) is 22.9. The Morgan fingerprint density at radius 2 is 2.08 bits per heavy atom. The average molecular weight is 346 g/mol. The van der Waals surface area contributed by atoms with Crippen LogP contribution >= 0.6 is 0 Å². The molecule has 0 aromatic heterocycles. The van der Waals surface area contributed by atoms with Gasteiger partial charge < -0.3 is 14.4 Å². The van der Waals surface area contributed by atoms with Crippen molar-refractivity contribution in [2.75, 3.05) is 45.3 Å². The fourth-order valence-electron chi connectivity index (χ4n) is 4.25. The summed E-state index contributed by atoms with van der Waals surface area (Å²) < 4.78 is 24.4. The average Bonchev–Trinajstić information content (AvgIpc) is 3.05. The lowest BCUT2D eigenvalue weighted by Crippen LogP contribution is -2.48. The Bertz CT molecular complexity index is 670. The highest BCUT2D eigenvalue weighted by atomic mass is 19.1. The molecule has 4 rings (SSSR count). The second-order valence-corrected chi connectivity index (χ2v) is 7.36. The van der Waals surface area contributed by atoms with Crippen molar-refractivity contribution in [1.29, 1.82) is 0 Å². The van der Waals surface area contributed by atoms with Crippen LogP contribution < -0.4 is 14.4 Å². The molecule has 0 radical (unpaired) electrons. The van der Waals surface area contributed by atoms with Crippen molar-refractivity contribution in [3.05, 3.63) is 23.3 Å². The number of rotatable bonds is 6. The third-order valence-corrected chi connectivity index (χ3v) is 5.66. The molecule has 25 heavy (non-hydrogen) atoms. The summed E-state index contributed by atoms with van der Waals surface area (Å²) in [6.45, 7) is 2.66. The zero-order chi connectivity index (χ0) is 17.4. The number of fused-ring (bicyclic) bond motifs is 2. The molecule has 1 aliphatic carbocycles. The molecule has 2 heterocycles. The highest BCUT2D eigenvalue weighted by molar-refractivity contribution is 5.78. The lowest BCUT2D eigenvalue weighted by Gasteiger charge is -2.34. The number of alkyl halides is 1. The smallest absolute Gasteiger partial charge is 0.163 e. The molecule has 2 aliphatic heterocycles.